The lowest BCUT2D eigenvalue weighted by Crippen LogP contribution is -2.10. The lowest BCUT2D eigenvalue weighted by molar-refractivity contribution is 0.0995. The van der Waals surface area contributed by atoms with E-state index in [1.165, 1.54) is 0 Å². The van der Waals surface area contributed by atoms with Gasteiger partial charge in [-0.1, -0.05) is 28.1 Å². The molecule has 0 aliphatic heterocycles. The molecule has 0 radical (unpaired) electrons. The van der Waals surface area contributed by atoms with E-state index in [0.717, 1.165) is 5.56 Å². The molecular weight excluding hydrogens is 291 g/mol. The molecule has 0 heterocycles. The molecular formula is C12H14BrClO2. The van der Waals surface area contributed by atoms with Gasteiger partial charge in [-0.3, -0.25) is 4.79 Å². The molecule has 0 spiro atoms. The fourth-order valence-corrected chi connectivity index (χ4v) is 1.82. The van der Waals surface area contributed by atoms with Gasteiger partial charge in [-0.2, -0.15) is 0 Å². The zero-order chi connectivity index (χ0) is 12.1. The van der Waals surface area contributed by atoms with Crippen LogP contribution in [0.25, 0.3) is 0 Å². The van der Waals surface area contributed by atoms with Crippen molar-refractivity contribution in [1.29, 1.82) is 0 Å². The van der Waals surface area contributed by atoms with E-state index in [1.54, 1.807) is 19.1 Å². The van der Waals surface area contributed by atoms with Gasteiger partial charge in [-0.05, 0) is 19.9 Å². The fourth-order valence-electron chi connectivity index (χ4n) is 1.34. The van der Waals surface area contributed by atoms with E-state index in [2.05, 4.69) is 15.9 Å². The minimum Gasteiger partial charge on any atom is -0.494 e. The highest BCUT2D eigenvalue weighted by Gasteiger charge is 2.14. The van der Waals surface area contributed by atoms with E-state index < -0.39 is 0 Å². The quantitative estimate of drug-likeness (QED) is 0.611. The Morgan fingerprint density at radius 1 is 1.56 bits per heavy atom. The predicted molar refractivity (Wildman–Crippen MR) is 69.9 cm³/mol. The summed E-state index contributed by atoms with van der Waals surface area (Å²) in [7, 11) is 0. The molecule has 16 heavy (non-hydrogen) atoms. The number of carbonyl (C=O) groups excluding carboxylic acids is 1. The van der Waals surface area contributed by atoms with Gasteiger partial charge in [0, 0.05) is 11.1 Å². The van der Waals surface area contributed by atoms with Gasteiger partial charge in [-0.15, -0.1) is 11.6 Å². The maximum atomic E-state index is 11.8. The van der Waals surface area contributed by atoms with Gasteiger partial charge in [0.1, 0.15) is 5.75 Å². The molecule has 0 aliphatic rings. The van der Waals surface area contributed by atoms with E-state index in [9.17, 15) is 4.79 Å². The van der Waals surface area contributed by atoms with Crippen LogP contribution in [0, 0.1) is 0 Å². The molecule has 88 valence electrons. The number of ketones is 1. The van der Waals surface area contributed by atoms with Crippen molar-refractivity contribution >= 4 is 33.3 Å². The molecule has 0 amide bonds. The van der Waals surface area contributed by atoms with Crippen LogP contribution in [-0.2, 0) is 5.88 Å². The normalized spacial score (nSPS) is 12.2. The Hall–Kier alpha value is -0.540. The molecule has 1 atom stereocenters. The number of ether oxygens (including phenoxy) is 1. The van der Waals surface area contributed by atoms with Gasteiger partial charge in [0.25, 0.3) is 0 Å². The first-order valence-corrected chi connectivity index (χ1v) is 6.55. The second-order valence-electron chi connectivity index (χ2n) is 3.37. The molecule has 1 rings (SSSR count). The van der Waals surface area contributed by atoms with Crippen molar-refractivity contribution in [1.82, 2.24) is 0 Å². The number of hydrogen-bond acceptors (Lipinski definition) is 2. The molecule has 1 aromatic carbocycles. The lowest BCUT2D eigenvalue weighted by Gasteiger charge is -2.10. The van der Waals surface area contributed by atoms with Crippen LogP contribution >= 0.6 is 27.5 Å². The third-order valence-electron chi connectivity index (χ3n) is 2.16. The van der Waals surface area contributed by atoms with E-state index in [0.29, 0.717) is 23.8 Å². The zero-order valence-electron chi connectivity index (χ0n) is 9.30. The predicted octanol–water partition coefficient (Wildman–Crippen LogP) is 3.79. The van der Waals surface area contributed by atoms with E-state index >= 15 is 0 Å². The van der Waals surface area contributed by atoms with Crippen molar-refractivity contribution < 1.29 is 9.53 Å². The number of rotatable bonds is 5. The van der Waals surface area contributed by atoms with Crippen molar-refractivity contribution in [3.8, 4) is 5.75 Å². The average Bonchev–Trinajstić information content (AvgIpc) is 2.28. The summed E-state index contributed by atoms with van der Waals surface area (Å²) in [5.41, 5.74) is 1.55. The van der Waals surface area contributed by atoms with E-state index in [1.807, 2.05) is 13.0 Å². The Morgan fingerprint density at radius 3 is 2.75 bits per heavy atom. The second kappa shape index (κ2) is 6.26. The molecule has 1 aromatic rings. The summed E-state index contributed by atoms with van der Waals surface area (Å²) >= 11 is 9.05. The Kier molecular flexibility index (Phi) is 5.29. The standard InChI is InChI=1S/C12H14BrClO2/c1-3-16-11-6-9(12(15)8(2)13)4-5-10(11)7-14/h4-6,8H,3,7H2,1-2H3. The van der Waals surface area contributed by atoms with Crippen molar-refractivity contribution in [2.45, 2.75) is 24.6 Å². The SMILES string of the molecule is CCOc1cc(C(=O)C(C)Br)ccc1CCl. The number of alkyl halides is 2. The third-order valence-corrected chi connectivity index (χ3v) is 2.86. The minimum absolute atomic E-state index is 0.0436. The highest BCUT2D eigenvalue weighted by molar-refractivity contribution is 9.10. The number of halogens is 2. The minimum atomic E-state index is -0.191. The van der Waals surface area contributed by atoms with Crippen molar-refractivity contribution in [2.24, 2.45) is 0 Å². The third kappa shape index (κ3) is 3.22. The number of carbonyl (C=O) groups is 1. The van der Waals surface area contributed by atoms with Gasteiger partial charge in [0.2, 0.25) is 0 Å². The first-order chi connectivity index (χ1) is 7.60. The maximum absolute atomic E-state index is 11.8. The monoisotopic (exact) mass is 304 g/mol. The van der Waals surface area contributed by atoms with E-state index in [-0.39, 0.29) is 10.6 Å². The van der Waals surface area contributed by atoms with Crippen LogP contribution in [0.1, 0.15) is 29.8 Å². The molecule has 0 bridgehead atoms. The smallest absolute Gasteiger partial charge is 0.176 e. The van der Waals surface area contributed by atoms with Crippen LogP contribution in [0.4, 0.5) is 0 Å². The van der Waals surface area contributed by atoms with Gasteiger partial charge in [0.15, 0.2) is 5.78 Å². The van der Waals surface area contributed by atoms with Gasteiger partial charge in [-0.25, -0.2) is 0 Å². The molecule has 1 unspecified atom stereocenters. The topological polar surface area (TPSA) is 26.3 Å². The summed E-state index contributed by atoms with van der Waals surface area (Å²) in [5.74, 6) is 1.12. The summed E-state index contributed by atoms with van der Waals surface area (Å²) in [6.07, 6.45) is 0. The van der Waals surface area contributed by atoms with Crippen LogP contribution in [0.15, 0.2) is 18.2 Å². The lowest BCUT2D eigenvalue weighted by atomic mass is 10.1. The van der Waals surface area contributed by atoms with Crippen molar-refractivity contribution in [2.75, 3.05) is 6.61 Å². The van der Waals surface area contributed by atoms with Crippen molar-refractivity contribution in [3.63, 3.8) is 0 Å². The molecule has 0 aliphatic carbocycles. The molecule has 4 heteroatoms. The van der Waals surface area contributed by atoms with Crippen molar-refractivity contribution in [3.05, 3.63) is 29.3 Å². The van der Waals surface area contributed by atoms with Crippen LogP contribution in [0.2, 0.25) is 0 Å². The summed E-state index contributed by atoms with van der Waals surface area (Å²) < 4.78 is 5.45. The Balaban J connectivity index is 3.06. The summed E-state index contributed by atoms with van der Waals surface area (Å²) in [4.78, 5) is 11.6. The van der Waals surface area contributed by atoms with Crippen LogP contribution in [-0.4, -0.2) is 17.2 Å². The first kappa shape index (κ1) is 13.5. The van der Waals surface area contributed by atoms with E-state index in [4.69, 9.17) is 16.3 Å². The van der Waals surface area contributed by atoms with Gasteiger partial charge in [0.05, 0.1) is 17.3 Å². The zero-order valence-corrected chi connectivity index (χ0v) is 11.6. The van der Waals surface area contributed by atoms with Crippen LogP contribution in [0.5, 0.6) is 5.75 Å². The first-order valence-electron chi connectivity index (χ1n) is 5.10. The molecule has 0 saturated carbocycles. The highest BCUT2D eigenvalue weighted by Crippen LogP contribution is 2.23. The van der Waals surface area contributed by atoms with Crippen LogP contribution in [0.3, 0.4) is 0 Å². The van der Waals surface area contributed by atoms with Gasteiger partial charge >= 0.3 is 0 Å². The summed E-state index contributed by atoms with van der Waals surface area (Å²) in [6, 6.07) is 5.36. The number of hydrogen-bond donors (Lipinski definition) is 0. The Labute approximate surface area is 109 Å². The molecule has 0 fully saturated rings. The Morgan fingerprint density at radius 2 is 2.25 bits per heavy atom. The fraction of sp³-hybridized carbons (Fsp3) is 0.417. The average molecular weight is 306 g/mol. The molecule has 0 saturated heterocycles. The molecule has 0 N–H and O–H groups in total. The van der Waals surface area contributed by atoms with Crippen LogP contribution < -0.4 is 4.74 Å². The molecule has 2 nitrogen and oxygen atoms in total. The number of benzene rings is 1. The Bertz CT molecular complexity index is 377. The second-order valence-corrected chi connectivity index (χ2v) is 5.01. The van der Waals surface area contributed by atoms with Gasteiger partial charge < -0.3 is 4.74 Å². The highest BCUT2D eigenvalue weighted by atomic mass is 79.9. The summed E-state index contributed by atoms with van der Waals surface area (Å²) in [6.45, 7) is 4.27. The maximum Gasteiger partial charge on any atom is 0.176 e. The summed E-state index contributed by atoms with van der Waals surface area (Å²) in [5, 5.41) is 0. The largest absolute Gasteiger partial charge is 0.494 e. The molecule has 0 aromatic heterocycles. The number of Topliss-reactive ketones (excluding diaryl/α,β-unsaturated/α-hetero) is 1.